The van der Waals surface area contributed by atoms with Crippen LogP contribution < -0.4 is 11.1 Å². The van der Waals surface area contributed by atoms with Crippen LogP contribution in [0, 0.1) is 6.92 Å². The summed E-state index contributed by atoms with van der Waals surface area (Å²) in [5.74, 6) is -0.0307. The predicted molar refractivity (Wildman–Crippen MR) is 84.1 cm³/mol. The third-order valence-corrected chi connectivity index (χ3v) is 4.81. The largest absolute Gasteiger partial charge is 0.374 e. The number of anilines is 2. The van der Waals surface area contributed by atoms with Crippen molar-refractivity contribution < 1.29 is 4.79 Å². The van der Waals surface area contributed by atoms with E-state index in [1.54, 1.807) is 0 Å². The molecule has 2 rings (SSSR count). The Morgan fingerprint density at radius 1 is 1.50 bits per heavy atom. The molecule has 7 heteroatoms. The van der Waals surface area contributed by atoms with Crippen LogP contribution in [-0.2, 0) is 4.79 Å². The van der Waals surface area contributed by atoms with Gasteiger partial charge in [0.15, 0.2) is 4.34 Å². The van der Waals surface area contributed by atoms with Crippen LogP contribution >= 0.6 is 23.1 Å². The van der Waals surface area contributed by atoms with E-state index in [4.69, 9.17) is 5.73 Å². The molecule has 0 saturated heterocycles. The molecule has 1 aromatic carbocycles. The quantitative estimate of drug-likeness (QED) is 0.830. The highest BCUT2D eigenvalue weighted by molar-refractivity contribution is 8.02. The molecule has 1 aromatic heterocycles. The van der Waals surface area contributed by atoms with E-state index < -0.39 is 0 Å². The molecule has 1 heterocycles. The Balaban J connectivity index is 2.02. The van der Waals surface area contributed by atoms with Crippen molar-refractivity contribution in [3.8, 4) is 0 Å². The van der Waals surface area contributed by atoms with E-state index in [2.05, 4.69) is 15.5 Å². The number of aromatic nitrogens is 2. The van der Waals surface area contributed by atoms with Gasteiger partial charge in [-0.2, -0.15) is 0 Å². The van der Waals surface area contributed by atoms with Gasteiger partial charge < -0.3 is 11.1 Å². The molecule has 3 N–H and O–H groups in total. The zero-order valence-corrected chi connectivity index (χ0v) is 12.9. The molecule has 1 unspecified atom stereocenters. The Bertz CT molecular complexity index is 600. The molecule has 0 aliphatic heterocycles. The summed E-state index contributed by atoms with van der Waals surface area (Å²) in [7, 11) is 0. The lowest BCUT2D eigenvalue weighted by Crippen LogP contribution is -2.24. The van der Waals surface area contributed by atoms with E-state index >= 15 is 0 Å². The van der Waals surface area contributed by atoms with Crippen LogP contribution in [0.25, 0.3) is 0 Å². The van der Waals surface area contributed by atoms with Gasteiger partial charge in [0.1, 0.15) is 0 Å². The van der Waals surface area contributed by atoms with Gasteiger partial charge in [-0.05, 0) is 31.0 Å². The van der Waals surface area contributed by atoms with E-state index in [-0.39, 0.29) is 11.2 Å². The fourth-order valence-electron chi connectivity index (χ4n) is 1.66. The first-order valence-electron chi connectivity index (χ1n) is 6.21. The molecule has 0 radical (unpaired) electrons. The van der Waals surface area contributed by atoms with Gasteiger partial charge in [0.25, 0.3) is 0 Å². The van der Waals surface area contributed by atoms with Crippen LogP contribution in [0.15, 0.2) is 28.6 Å². The van der Waals surface area contributed by atoms with Gasteiger partial charge in [-0.25, -0.2) is 0 Å². The number of thioether (sulfide) groups is 1. The van der Waals surface area contributed by atoms with Gasteiger partial charge in [-0.3, -0.25) is 4.79 Å². The molecule has 1 atom stereocenters. The third-order valence-electron chi connectivity index (χ3n) is 2.61. The number of carbonyl (C=O) groups is 1. The molecule has 0 bridgehead atoms. The number of nitrogens with two attached hydrogens (primary N) is 1. The molecule has 2 aromatic rings. The minimum Gasteiger partial charge on any atom is -0.374 e. The summed E-state index contributed by atoms with van der Waals surface area (Å²) in [6, 6.07) is 7.74. The number of hydrogen-bond donors (Lipinski definition) is 2. The molecule has 0 aliphatic carbocycles. The molecule has 5 nitrogen and oxygen atoms in total. The fraction of sp³-hybridized carbons (Fsp3) is 0.308. The van der Waals surface area contributed by atoms with Crippen molar-refractivity contribution in [2.45, 2.75) is 29.9 Å². The average molecular weight is 308 g/mol. The Kier molecular flexibility index (Phi) is 4.97. The molecule has 1 amide bonds. The summed E-state index contributed by atoms with van der Waals surface area (Å²) in [4.78, 5) is 12.3. The van der Waals surface area contributed by atoms with Crippen LogP contribution in [0.3, 0.4) is 0 Å². The smallest absolute Gasteiger partial charge is 0.237 e. The fourth-order valence-corrected chi connectivity index (χ4v) is 3.46. The van der Waals surface area contributed by atoms with E-state index in [0.29, 0.717) is 15.9 Å². The Morgan fingerprint density at radius 3 is 2.90 bits per heavy atom. The first-order valence-corrected chi connectivity index (χ1v) is 7.91. The van der Waals surface area contributed by atoms with Crippen molar-refractivity contribution >= 4 is 39.8 Å². The topological polar surface area (TPSA) is 80.9 Å². The summed E-state index contributed by atoms with van der Waals surface area (Å²) < 4.78 is 0.716. The maximum Gasteiger partial charge on any atom is 0.237 e. The lowest BCUT2D eigenvalue weighted by Gasteiger charge is -2.13. The van der Waals surface area contributed by atoms with Crippen molar-refractivity contribution in [3.05, 3.63) is 29.8 Å². The zero-order valence-electron chi connectivity index (χ0n) is 11.3. The summed E-state index contributed by atoms with van der Waals surface area (Å²) in [6.45, 7) is 3.96. The number of amides is 1. The van der Waals surface area contributed by atoms with E-state index in [1.165, 1.54) is 23.1 Å². The first-order chi connectivity index (χ1) is 9.58. The molecular weight excluding hydrogens is 292 g/mol. The molecule has 0 aliphatic rings. The monoisotopic (exact) mass is 308 g/mol. The number of nitrogens with zero attached hydrogens (tertiary/aromatic N) is 2. The second-order valence-electron chi connectivity index (χ2n) is 4.28. The van der Waals surface area contributed by atoms with Gasteiger partial charge in [-0.15, -0.1) is 10.2 Å². The van der Waals surface area contributed by atoms with E-state index in [9.17, 15) is 4.79 Å². The summed E-state index contributed by atoms with van der Waals surface area (Å²) in [6.07, 6.45) is 0.710. The van der Waals surface area contributed by atoms with Gasteiger partial charge in [0.05, 0.1) is 5.25 Å². The maximum absolute atomic E-state index is 12.3. The lowest BCUT2D eigenvalue weighted by molar-refractivity contribution is -0.115. The standard InChI is InChI=1S/C13H16N4OS2/c1-3-10(19-13-17-16-12(14)20-13)11(18)15-9-6-4-5-8(2)7-9/h4-7,10H,3H2,1-2H3,(H2,14,16)(H,15,18). The zero-order chi connectivity index (χ0) is 14.5. The minimum absolute atomic E-state index is 0.0307. The van der Waals surface area contributed by atoms with Crippen LogP contribution in [0.5, 0.6) is 0 Å². The van der Waals surface area contributed by atoms with Crippen LogP contribution in [0.4, 0.5) is 10.8 Å². The molecule has 0 fully saturated rings. The van der Waals surface area contributed by atoms with Crippen molar-refractivity contribution in [2.24, 2.45) is 0 Å². The van der Waals surface area contributed by atoms with Crippen LogP contribution in [0.2, 0.25) is 0 Å². The number of rotatable bonds is 5. The lowest BCUT2D eigenvalue weighted by atomic mass is 10.2. The van der Waals surface area contributed by atoms with Crippen molar-refractivity contribution in [3.63, 3.8) is 0 Å². The maximum atomic E-state index is 12.3. The number of carbonyl (C=O) groups excluding carboxylic acids is 1. The Hall–Kier alpha value is -1.60. The van der Waals surface area contributed by atoms with Crippen molar-refractivity contribution in [1.82, 2.24) is 10.2 Å². The van der Waals surface area contributed by atoms with Gasteiger partial charge in [0, 0.05) is 5.69 Å². The summed E-state index contributed by atoms with van der Waals surface area (Å²) >= 11 is 2.69. The van der Waals surface area contributed by atoms with Crippen LogP contribution in [-0.4, -0.2) is 21.4 Å². The Morgan fingerprint density at radius 2 is 2.30 bits per heavy atom. The van der Waals surface area contributed by atoms with Gasteiger partial charge in [0.2, 0.25) is 11.0 Å². The highest BCUT2D eigenvalue weighted by atomic mass is 32.2. The number of nitrogen functional groups attached to an aromatic ring is 1. The first kappa shape index (κ1) is 14.8. The van der Waals surface area contributed by atoms with Crippen LogP contribution in [0.1, 0.15) is 18.9 Å². The molecule has 106 valence electrons. The molecule has 0 saturated carbocycles. The highest BCUT2D eigenvalue weighted by Gasteiger charge is 2.20. The second-order valence-corrected chi connectivity index (χ2v) is 6.74. The normalized spacial score (nSPS) is 12.1. The molecule has 0 spiro atoms. The molecular formula is C13H16N4OS2. The molecule has 20 heavy (non-hydrogen) atoms. The summed E-state index contributed by atoms with van der Waals surface area (Å²) in [5, 5.41) is 10.8. The summed E-state index contributed by atoms with van der Waals surface area (Å²) in [5.41, 5.74) is 7.47. The number of hydrogen-bond acceptors (Lipinski definition) is 6. The average Bonchev–Trinajstić information content (AvgIpc) is 2.81. The van der Waals surface area contributed by atoms with E-state index in [0.717, 1.165) is 11.3 Å². The van der Waals surface area contributed by atoms with E-state index in [1.807, 2.05) is 38.1 Å². The number of aryl methyl sites for hydroxylation is 1. The second kappa shape index (κ2) is 6.71. The SMILES string of the molecule is CCC(Sc1nnc(N)s1)C(=O)Nc1cccc(C)c1. The Labute approximate surface area is 126 Å². The third kappa shape index (κ3) is 3.94. The predicted octanol–water partition coefficient (Wildman–Crippen LogP) is 2.94. The number of benzene rings is 1. The van der Waals surface area contributed by atoms with Crippen molar-refractivity contribution in [2.75, 3.05) is 11.1 Å². The number of nitrogens with one attached hydrogen (secondary N) is 1. The van der Waals surface area contributed by atoms with Crippen molar-refractivity contribution in [1.29, 1.82) is 0 Å². The highest BCUT2D eigenvalue weighted by Crippen LogP contribution is 2.29. The van der Waals surface area contributed by atoms with Gasteiger partial charge in [-0.1, -0.05) is 42.2 Å². The minimum atomic E-state index is -0.206. The van der Waals surface area contributed by atoms with Gasteiger partial charge >= 0.3 is 0 Å².